The number of amides is 1. The van der Waals surface area contributed by atoms with Gasteiger partial charge < -0.3 is 16.2 Å². The molecule has 0 saturated heterocycles. The van der Waals surface area contributed by atoms with E-state index in [4.69, 9.17) is 5.73 Å². The fourth-order valence-electron chi connectivity index (χ4n) is 2.16. The van der Waals surface area contributed by atoms with Gasteiger partial charge >= 0.3 is 0 Å². The number of nitrogens with two attached hydrogens (primary N) is 1. The number of hydrogen-bond acceptors (Lipinski definition) is 6. The first-order valence-electron chi connectivity index (χ1n) is 6.25. The van der Waals surface area contributed by atoms with Crippen molar-refractivity contribution in [2.24, 2.45) is 5.73 Å². The maximum absolute atomic E-state index is 11.2. The molecule has 0 aliphatic heterocycles. The first-order chi connectivity index (χ1) is 9.10. The zero-order chi connectivity index (χ0) is 13.8. The summed E-state index contributed by atoms with van der Waals surface area (Å²) in [5, 5.41) is 13.3. The summed E-state index contributed by atoms with van der Waals surface area (Å²) in [5.41, 5.74) is 5.60. The molecule has 1 amide bonds. The average Bonchev–Trinajstić information content (AvgIpc) is 2.41. The minimum atomic E-state index is -0.517. The van der Waals surface area contributed by atoms with Crippen LogP contribution in [0.15, 0.2) is 11.2 Å². The second-order valence-corrected chi connectivity index (χ2v) is 5.43. The van der Waals surface area contributed by atoms with E-state index in [0.717, 1.165) is 25.7 Å². The molecule has 0 aromatic carbocycles. The number of nitrogens with one attached hydrogen (secondary N) is 1. The first kappa shape index (κ1) is 14.1. The summed E-state index contributed by atoms with van der Waals surface area (Å²) in [6.07, 6.45) is 6.51. The van der Waals surface area contributed by atoms with Crippen molar-refractivity contribution in [3.05, 3.63) is 11.8 Å². The maximum atomic E-state index is 11.2. The van der Waals surface area contributed by atoms with Crippen LogP contribution in [-0.4, -0.2) is 39.4 Å². The highest BCUT2D eigenvalue weighted by atomic mass is 32.2. The molecular weight excluding hydrogens is 264 g/mol. The standard InChI is InChI=1S/C12H18N4O2S/c1-19-11-9(10(13)18)6-14-12(16-11)15-7-2-4-8(17)5-3-7/h6-8,17H,2-5H2,1H3,(H2,13,18)(H,14,15,16)/t7-,8-. The lowest BCUT2D eigenvalue weighted by molar-refractivity contribution is 0.0996. The number of aromatic nitrogens is 2. The van der Waals surface area contributed by atoms with Gasteiger partial charge in [0.15, 0.2) is 0 Å². The number of rotatable bonds is 4. The van der Waals surface area contributed by atoms with Crippen molar-refractivity contribution < 1.29 is 9.90 Å². The van der Waals surface area contributed by atoms with E-state index in [1.807, 2.05) is 6.26 Å². The van der Waals surface area contributed by atoms with Gasteiger partial charge in [0.05, 0.1) is 11.7 Å². The van der Waals surface area contributed by atoms with Crippen LogP contribution < -0.4 is 11.1 Å². The highest BCUT2D eigenvalue weighted by Gasteiger charge is 2.20. The molecule has 0 radical (unpaired) electrons. The molecule has 6 nitrogen and oxygen atoms in total. The molecular formula is C12H18N4O2S. The summed E-state index contributed by atoms with van der Waals surface area (Å²) in [5.74, 6) is -0.00701. The summed E-state index contributed by atoms with van der Waals surface area (Å²) < 4.78 is 0. The molecule has 0 bridgehead atoms. The largest absolute Gasteiger partial charge is 0.393 e. The molecule has 0 atom stereocenters. The lowest BCUT2D eigenvalue weighted by Gasteiger charge is -2.26. The lowest BCUT2D eigenvalue weighted by atomic mass is 9.93. The average molecular weight is 282 g/mol. The molecule has 1 aliphatic carbocycles. The van der Waals surface area contributed by atoms with Crippen molar-refractivity contribution in [1.29, 1.82) is 0 Å². The first-order valence-corrected chi connectivity index (χ1v) is 7.48. The molecule has 1 heterocycles. The van der Waals surface area contributed by atoms with Crippen molar-refractivity contribution in [2.45, 2.75) is 42.9 Å². The summed E-state index contributed by atoms with van der Waals surface area (Å²) >= 11 is 1.37. The molecule has 1 aromatic rings. The third kappa shape index (κ3) is 3.57. The zero-order valence-corrected chi connectivity index (χ0v) is 11.6. The van der Waals surface area contributed by atoms with E-state index in [1.54, 1.807) is 0 Å². The van der Waals surface area contributed by atoms with Gasteiger partial charge in [0, 0.05) is 12.2 Å². The Hall–Kier alpha value is -1.34. The molecule has 0 unspecified atom stereocenters. The third-order valence-corrected chi connectivity index (χ3v) is 3.94. The van der Waals surface area contributed by atoms with Gasteiger partial charge in [0.2, 0.25) is 5.95 Å². The third-order valence-electron chi connectivity index (χ3n) is 3.24. The molecule has 1 saturated carbocycles. The number of thioether (sulfide) groups is 1. The Morgan fingerprint density at radius 1 is 1.47 bits per heavy atom. The molecule has 1 fully saturated rings. The van der Waals surface area contributed by atoms with E-state index >= 15 is 0 Å². The number of carbonyl (C=O) groups is 1. The molecule has 4 N–H and O–H groups in total. The van der Waals surface area contributed by atoms with Gasteiger partial charge in [0.25, 0.3) is 5.91 Å². The zero-order valence-electron chi connectivity index (χ0n) is 10.8. The summed E-state index contributed by atoms with van der Waals surface area (Å²) in [4.78, 5) is 19.6. The van der Waals surface area contributed by atoms with Crippen molar-refractivity contribution >= 4 is 23.6 Å². The molecule has 2 rings (SSSR count). The highest BCUT2D eigenvalue weighted by molar-refractivity contribution is 7.98. The maximum Gasteiger partial charge on any atom is 0.253 e. The molecule has 0 spiro atoms. The van der Waals surface area contributed by atoms with Gasteiger partial charge in [-0.15, -0.1) is 11.8 Å². The van der Waals surface area contributed by atoms with Crippen LogP contribution in [0, 0.1) is 0 Å². The molecule has 1 aliphatic rings. The number of nitrogens with zero attached hydrogens (tertiary/aromatic N) is 2. The Labute approximate surface area is 116 Å². The number of carbonyl (C=O) groups excluding carboxylic acids is 1. The molecule has 19 heavy (non-hydrogen) atoms. The van der Waals surface area contributed by atoms with Crippen LogP contribution in [0.2, 0.25) is 0 Å². The number of aliphatic hydroxyl groups is 1. The van der Waals surface area contributed by atoms with Crippen molar-refractivity contribution in [3.63, 3.8) is 0 Å². The minimum Gasteiger partial charge on any atom is -0.393 e. The lowest BCUT2D eigenvalue weighted by Crippen LogP contribution is -2.29. The Bertz CT molecular complexity index is 461. The minimum absolute atomic E-state index is 0.182. The normalized spacial score (nSPS) is 23.1. The van der Waals surface area contributed by atoms with Gasteiger partial charge in [0.1, 0.15) is 5.03 Å². The van der Waals surface area contributed by atoms with Crippen LogP contribution in [0.4, 0.5) is 5.95 Å². The Morgan fingerprint density at radius 2 is 2.16 bits per heavy atom. The van der Waals surface area contributed by atoms with E-state index in [2.05, 4.69) is 15.3 Å². The van der Waals surface area contributed by atoms with E-state index in [-0.39, 0.29) is 12.1 Å². The van der Waals surface area contributed by atoms with E-state index in [0.29, 0.717) is 16.5 Å². The Morgan fingerprint density at radius 3 is 2.74 bits per heavy atom. The number of hydrogen-bond donors (Lipinski definition) is 3. The van der Waals surface area contributed by atoms with E-state index < -0.39 is 5.91 Å². The summed E-state index contributed by atoms with van der Waals surface area (Å²) in [6.45, 7) is 0. The van der Waals surface area contributed by atoms with E-state index in [1.165, 1.54) is 18.0 Å². The molecule has 7 heteroatoms. The fraction of sp³-hybridized carbons (Fsp3) is 0.583. The smallest absolute Gasteiger partial charge is 0.253 e. The van der Waals surface area contributed by atoms with Crippen LogP contribution in [0.3, 0.4) is 0 Å². The van der Waals surface area contributed by atoms with Gasteiger partial charge in [-0.1, -0.05) is 0 Å². The second kappa shape index (κ2) is 6.21. The van der Waals surface area contributed by atoms with Gasteiger partial charge in [-0.05, 0) is 31.9 Å². The molecule has 1 aromatic heterocycles. The molecule has 104 valence electrons. The van der Waals surface area contributed by atoms with Crippen molar-refractivity contribution in [2.75, 3.05) is 11.6 Å². The second-order valence-electron chi connectivity index (χ2n) is 4.63. The highest BCUT2D eigenvalue weighted by Crippen LogP contribution is 2.23. The number of aliphatic hydroxyl groups excluding tert-OH is 1. The quantitative estimate of drug-likeness (QED) is 0.563. The topological polar surface area (TPSA) is 101 Å². The number of anilines is 1. The van der Waals surface area contributed by atoms with Gasteiger partial charge in [-0.25, -0.2) is 9.97 Å². The van der Waals surface area contributed by atoms with Crippen LogP contribution in [0.25, 0.3) is 0 Å². The van der Waals surface area contributed by atoms with E-state index in [9.17, 15) is 9.90 Å². The van der Waals surface area contributed by atoms with Gasteiger partial charge in [-0.2, -0.15) is 0 Å². The Kier molecular flexibility index (Phi) is 4.60. The van der Waals surface area contributed by atoms with Gasteiger partial charge in [-0.3, -0.25) is 4.79 Å². The Balaban J connectivity index is 2.07. The van der Waals surface area contributed by atoms with Crippen LogP contribution in [0.5, 0.6) is 0 Å². The van der Waals surface area contributed by atoms with Crippen LogP contribution in [0.1, 0.15) is 36.0 Å². The van der Waals surface area contributed by atoms with Crippen LogP contribution in [-0.2, 0) is 0 Å². The number of primary amides is 1. The summed E-state index contributed by atoms with van der Waals surface area (Å²) in [7, 11) is 0. The fourth-order valence-corrected chi connectivity index (χ4v) is 2.71. The summed E-state index contributed by atoms with van der Waals surface area (Å²) in [6, 6.07) is 0.275. The predicted octanol–water partition coefficient (Wildman–Crippen LogP) is 1.01. The predicted molar refractivity (Wildman–Crippen MR) is 74.2 cm³/mol. The van der Waals surface area contributed by atoms with Crippen molar-refractivity contribution in [1.82, 2.24) is 9.97 Å². The monoisotopic (exact) mass is 282 g/mol. The van der Waals surface area contributed by atoms with Crippen molar-refractivity contribution in [3.8, 4) is 0 Å². The SMILES string of the molecule is CSc1nc(N[C@H]2CC[C@H](O)CC2)ncc1C(N)=O. The van der Waals surface area contributed by atoms with Crippen LogP contribution >= 0.6 is 11.8 Å².